The van der Waals surface area contributed by atoms with Crippen molar-refractivity contribution in [3.05, 3.63) is 28.7 Å². The standard InChI is InChI=1S/C13H17BrN2O/c14-11-8-4-5-9-12(11)16-13(17)15-10-6-2-1-3-7-10/h4-5,8-10H,1-3,6-7H2,(H2,15,16,17). The minimum absolute atomic E-state index is 0.108. The van der Waals surface area contributed by atoms with Crippen LogP contribution in [0.2, 0.25) is 0 Å². The molecule has 92 valence electrons. The number of nitrogens with one attached hydrogen (secondary N) is 2. The van der Waals surface area contributed by atoms with E-state index in [1.54, 1.807) is 0 Å². The van der Waals surface area contributed by atoms with Crippen LogP contribution in [-0.4, -0.2) is 12.1 Å². The maximum atomic E-state index is 11.8. The van der Waals surface area contributed by atoms with Gasteiger partial charge in [0, 0.05) is 10.5 Å². The van der Waals surface area contributed by atoms with E-state index in [1.165, 1.54) is 19.3 Å². The number of anilines is 1. The lowest BCUT2D eigenvalue weighted by atomic mass is 9.96. The first-order valence-electron chi connectivity index (χ1n) is 6.08. The van der Waals surface area contributed by atoms with Crippen molar-refractivity contribution < 1.29 is 4.79 Å². The number of amides is 2. The van der Waals surface area contributed by atoms with Gasteiger partial charge in [-0.3, -0.25) is 0 Å². The summed E-state index contributed by atoms with van der Waals surface area (Å²) in [5.41, 5.74) is 0.806. The average molecular weight is 297 g/mol. The SMILES string of the molecule is O=C(Nc1ccccc1Br)NC1CCCCC1. The molecule has 3 nitrogen and oxygen atoms in total. The smallest absolute Gasteiger partial charge is 0.319 e. The van der Waals surface area contributed by atoms with Gasteiger partial charge < -0.3 is 10.6 Å². The summed E-state index contributed by atoms with van der Waals surface area (Å²) in [5, 5.41) is 5.88. The Morgan fingerprint density at radius 3 is 2.59 bits per heavy atom. The third-order valence-electron chi connectivity index (χ3n) is 3.06. The van der Waals surface area contributed by atoms with Crippen molar-refractivity contribution in [3.8, 4) is 0 Å². The van der Waals surface area contributed by atoms with Crippen molar-refractivity contribution in [2.75, 3.05) is 5.32 Å². The van der Waals surface area contributed by atoms with Gasteiger partial charge >= 0.3 is 6.03 Å². The van der Waals surface area contributed by atoms with Crippen LogP contribution in [0.1, 0.15) is 32.1 Å². The molecule has 0 heterocycles. The highest BCUT2D eigenvalue weighted by Crippen LogP contribution is 2.21. The monoisotopic (exact) mass is 296 g/mol. The Bertz CT molecular complexity index is 389. The fourth-order valence-electron chi connectivity index (χ4n) is 2.15. The average Bonchev–Trinajstić information content (AvgIpc) is 2.33. The number of rotatable bonds is 2. The summed E-state index contributed by atoms with van der Waals surface area (Å²) < 4.78 is 0.902. The third-order valence-corrected chi connectivity index (χ3v) is 3.75. The molecule has 2 rings (SSSR count). The summed E-state index contributed by atoms with van der Waals surface area (Å²) in [4.78, 5) is 11.8. The molecule has 1 fully saturated rings. The van der Waals surface area contributed by atoms with Crippen molar-refractivity contribution in [1.29, 1.82) is 0 Å². The lowest BCUT2D eigenvalue weighted by Crippen LogP contribution is -2.39. The molecule has 1 aliphatic rings. The van der Waals surface area contributed by atoms with Crippen molar-refractivity contribution >= 4 is 27.6 Å². The lowest BCUT2D eigenvalue weighted by Gasteiger charge is -2.23. The quantitative estimate of drug-likeness (QED) is 0.854. The minimum Gasteiger partial charge on any atom is -0.335 e. The first-order valence-corrected chi connectivity index (χ1v) is 6.87. The maximum Gasteiger partial charge on any atom is 0.319 e. The summed E-state index contributed by atoms with van der Waals surface area (Å²) in [7, 11) is 0. The predicted molar refractivity (Wildman–Crippen MR) is 73.2 cm³/mol. The summed E-state index contributed by atoms with van der Waals surface area (Å²) in [5.74, 6) is 0. The minimum atomic E-state index is -0.108. The molecule has 0 spiro atoms. The number of carbonyl (C=O) groups excluding carboxylic acids is 1. The largest absolute Gasteiger partial charge is 0.335 e. The Labute approximate surface area is 110 Å². The van der Waals surface area contributed by atoms with Gasteiger partial charge in [-0.05, 0) is 40.9 Å². The molecule has 0 saturated heterocycles. The van der Waals surface area contributed by atoms with Gasteiger partial charge in [-0.25, -0.2) is 4.79 Å². The van der Waals surface area contributed by atoms with Gasteiger partial charge in [0.2, 0.25) is 0 Å². The molecule has 17 heavy (non-hydrogen) atoms. The normalized spacial score (nSPS) is 16.5. The zero-order chi connectivity index (χ0) is 12.1. The van der Waals surface area contributed by atoms with Gasteiger partial charge in [0.25, 0.3) is 0 Å². The molecule has 0 atom stereocenters. The summed E-state index contributed by atoms with van der Waals surface area (Å²) in [6, 6.07) is 7.85. The van der Waals surface area contributed by atoms with Crippen LogP contribution in [-0.2, 0) is 0 Å². The Morgan fingerprint density at radius 2 is 1.88 bits per heavy atom. The molecule has 1 aromatic rings. The number of hydrogen-bond donors (Lipinski definition) is 2. The number of urea groups is 1. The highest BCUT2D eigenvalue weighted by molar-refractivity contribution is 9.10. The first kappa shape index (κ1) is 12.4. The second-order valence-corrected chi connectivity index (χ2v) is 5.27. The van der Waals surface area contributed by atoms with Gasteiger partial charge in [-0.1, -0.05) is 31.4 Å². The maximum absolute atomic E-state index is 11.8. The zero-order valence-electron chi connectivity index (χ0n) is 9.71. The highest BCUT2D eigenvalue weighted by Gasteiger charge is 2.15. The topological polar surface area (TPSA) is 41.1 Å². The van der Waals surface area contributed by atoms with E-state index in [4.69, 9.17) is 0 Å². The van der Waals surface area contributed by atoms with Crippen LogP contribution in [0.4, 0.5) is 10.5 Å². The van der Waals surface area contributed by atoms with Gasteiger partial charge in [-0.15, -0.1) is 0 Å². The molecule has 1 aromatic carbocycles. The van der Waals surface area contributed by atoms with E-state index in [9.17, 15) is 4.79 Å². The number of para-hydroxylation sites is 1. The number of benzene rings is 1. The Morgan fingerprint density at radius 1 is 1.18 bits per heavy atom. The Balaban J connectivity index is 1.86. The fourth-order valence-corrected chi connectivity index (χ4v) is 2.54. The molecule has 1 saturated carbocycles. The van der Waals surface area contributed by atoms with Crippen LogP contribution in [0.5, 0.6) is 0 Å². The first-order chi connectivity index (χ1) is 8.25. The lowest BCUT2D eigenvalue weighted by molar-refractivity contribution is 0.244. The van der Waals surface area contributed by atoms with Gasteiger partial charge in [0.05, 0.1) is 5.69 Å². The molecule has 0 bridgehead atoms. The Kier molecular flexibility index (Phi) is 4.42. The van der Waals surface area contributed by atoms with Crippen LogP contribution in [0.3, 0.4) is 0 Å². The molecule has 4 heteroatoms. The predicted octanol–water partition coefficient (Wildman–Crippen LogP) is 3.90. The summed E-state index contributed by atoms with van der Waals surface area (Å²) in [6.45, 7) is 0. The molecule has 0 radical (unpaired) electrons. The fraction of sp³-hybridized carbons (Fsp3) is 0.462. The Hall–Kier alpha value is -1.03. The van der Waals surface area contributed by atoms with Crippen LogP contribution in [0, 0.1) is 0 Å². The zero-order valence-corrected chi connectivity index (χ0v) is 11.3. The van der Waals surface area contributed by atoms with E-state index in [-0.39, 0.29) is 6.03 Å². The van der Waals surface area contributed by atoms with Crippen molar-refractivity contribution in [1.82, 2.24) is 5.32 Å². The van der Waals surface area contributed by atoms with Crippen LogP contribution in [0.15, 0.2) is 28.7 Å². The third kappa shape index (κ3) is 3.73. The van der Waals surface area contributed by atoms with E-state index in [2.05, 4.69) is 26.6 Å². The molecule has 0 unspecified atom stereocenters. The number of hydrogen-bond acceptors (Lipinski definition) is 1. The molecule has 0 aliphatic heterocycles. The molecular formula is C13H17BrN2O. The molecule has 2 N–H and O–H groups in total. The van der Waals surface area contributed by atoms with E-state index >= 15 is 0 Å². The second-order valence-electron chi connectivity index (χ2n) is 4.41. The van der Waals surface area contributed by atoms with Crippen molar-refractivity contribution in [3.63, 3.8) is 0 Å². The van der Waals surface area contributed by atoms with Crippen LogP contribution in [0.25, 0.3) is 0 Å². The molecule has 0 aromatic heterocycles. The molecule has 1 aliphatic carbocycles. The van der Waals surface area contributed by atoms with Crippen LogP contribution < -0.4 is 10.6 Å². The van der Waals surface area contributed by atoms with Gasteiger partial charge in [-0.2, -0.15) is 0 Å². The van der Waals surface area contributed by atoms with E-state index in [1.807, 2.05) is 24.3 Å². The molecule has 2 amide bonds. The van der Waals surface area contributed by atoms with E-state index < -0.39 is 0 Å². The summed E-state index contributed by atoms with van der Waals surface area (Å²) >= 11 is 3.41. The second kappa shape index (κ2) is 6.05. The van der Waals surface area contributed by atoms with Crippen molar-refractivity contribution in [2.45, 2.75) is 38.1 Å². The van der Waals surface area contributed by atoms with Crippen LogP contribution >= 0.6 is 15.9 Å². The van der Waals surface area contributed by atoms with Gasteiger partial charge in [0.15, 0.2) is 0 Å². The van der Waals surface area contributed by atoms with Gasteiger partial charge in [0.1, 0.15) is 0 Å². The summed E-state index contributed by atoms with van der Waals surface area (Å²) in [6.07, 6.45) is 5.94. The molecular weight excluding hydrogens is 280 g/mol. The number of carbonyl (C=O) groups is 1. The van der Waals surface area contributed by atoms with E-state index in [0.29, 0.717) is 6.04 Å². The highest BCUT2D eigenvalue weighted by atomic mass is 79.9. The number of halogens is 1. The van der Waals surface area contributed by atoms with E-state index in [0.717, 1.165) is 23.0 Å². The van der Waals surface area contributed by atoms with Crippen molar-refractivity contribution in [2.24, 2.45) is 0 Å².